The van der Waals surface area contributed by atoms with E-state index in [4.69, 9.17) is 9.84 Å². The summed E-state index contributed by atoms with van der Waals surface area (Å²) in [5.74, 6) is 1.11. The summed E-state index contributed by atoms with van der Waals surface area (Å²) < 4.78 is 29.5. The lowest BCUT2D eigenvalue weighted by atomic mass is 10.0. The molecule has 1 aromatic rings. The molecule has 154 valence electrons. The molecular weight excluding hydrogens is 396 g/mol. The van der Waals surface area contributed by atoms with Gasteiger partial charge in [0.1, 0.15) is 18.2 Å². The first-order chi connectivity index (χ1) is 13.8. The van der Waals surface area contributed by atoms with Gasteiger partial charge < -0.3 is 19.6 Å². The first-order valence-electron chi connectivity index (χ1n) is 9.36. The monoisotopic (exact) mass is 418 g/mol. The van der Waals surface area contributed by atoms with Gasteiger partial charge in [-0.3, -0.25) is 0 Å². The summed E-state index contributed by atoms with van der Waals surface area (Å²) in [6.07, 6.45) is 10.7. The van der Waals surface area contributed by atoms with Crippen LogP contribution in [-0.4, -0.2) is 66.0 Å². The van der Waals surface area contributed by atoms with Crippen LogP contribution in [0.15, 0.2) is 47.3 Å². The Bertz CT molecular complexity index is 1010. The van der Waals surface area contributed by atoms with Gasteiger partial charge in [0.25, 0.3) is 0 Å². The van der Waals surface area contributed by atoms with Crippen LogP contribution in [0.5, 0.6) is 5.88 Å². The number of rotatable bonds is 4. The second kappa shape index (κ2) is 7.51. The molecule has 1 aromatic heterocycles. The Morgan fingerprint density at radius 2 is 2.03 bits per heavy atom. The van der Waals surface area contributed by atoms with Crippen molar-refractivity contribution >= 4 is 21.7 Å². The van der Waals surface area contributed by atoms with Crippen LogP contribution in [0.1, 0.15) is 19.3 Å². The SMILES string of the molecule is CS(=O)(=O)C1=CCC2C(=C1)C=CN2c1cc(OC2CCN(C(=O)O)CC2)ncn1. The molecule has 10 heteroatoms. The number of carbonyl (C=O) groups is 1. The number of aromatic nitrogens is 2. The number of fused-ring (bicyclic) bond motifs is 1. The van der Waals surface area contributed by atoms with E-state index in [9.17, 15) is 13.2 Å². The van der Waals surface area contributed by atoms with Crippen LogP contribution in [0.25, 0.3) is 0 Å². The first kappa shape index (κ1) is 19.4. The molecule has 1 aliphatic carbocycles. The zero-order valence-electron chi connectivity index (χ0n) is 15.9. The highest BCUT2D eigenvalue weighted by atomic mass is 32.2. The molecule has 1 fully saturated rings. The lowest BCUT2D eigenvalue weighted by Crippen LogP contribution is -2.41. The fourth-order valence-corrected chi connectivity index (χ4v) is 4.50. The number of anilines is 1. The van der Waals surface area contributed by atoms with E-state index in [-0.39, 0.29) is 12.1 Å². The molecule has 1 unspecified atom stereocenters. The molecule has 1 saturated heterocycles. The summed E-state index contributed by atoms with van der Waals surface area (Å²) in [6.45, 7) is 0.885. The van der Waals surface area contributed by atoms with Gasteiger partial charge in [-0.2, -0.15) is 0 Å². The predicted octanol–water partition coefficient (Wildman–Crippen LogP) is 1.96. The standard InChI is InChI=1S/C19H22N4O5S/c1-29(26,27)15-2-3-16-13(10-15)4-9-23(16)17-11-18(21-12-20-17)28-14-5-7-22(8-6-14)19(24)25/h2,4,9-12,14,16H,3,5-8H2,1H3,(H,24,25). The highest BCUT2D eigenvalue weighted by Gasteiger charge is 2.30. The molecule has 3 heterocycles. The molecule has 9 nitrogen and oxygen atoms in total. The number of sulfone groups is 1. The largest absolute Gasteiger partial charge is 0.474 e. The Balaban J connectivity index is 1.44. The van der Waals surface area contributed by atoms with Crippen molar-refractivity contribution in [2.45, 2.75) is 31.4 Å². The summed E-state index contributed by atoms with van der Waals surface area (Å²) in [6, 6.07) is 1.74. The minimum absolute atomic E-state index is 0.0120. The number of ether oxygens (including phenoxy) is 1. The molecule has 0 radical (unpaired) electrons. The van der Waals surface area contributed by atoms with Crippen molar-refractivity contribution < 1.29 is 23.1 Å². The molecule has 4 rings (SSSR count). The van der Waals surface area contributed by atoms with Gasteiger partial charge in [0, 0.05) is 44.5 Å². The molecule has 0 bridgehead atoms. The first-order valence-corrected chi connectivity index (χ1v) is 11.3. The molecule has 29 heavy (non-hydrogen) atoms. The molecule has 3 aliphatic rings. The average Bonchev–Trinajstić information content (AvgIpc) is 3.11. The lowest BCUT2D eigenvalue weighted by Gasteiger charge is -2.30. The Morgan fingerprint density at radius 3 is 2.72 bits per heavy atom. The topological polar surface area (TPSA) is 113 Å². The molecule has 0 saturated carbocycles. The smallest absolute Gasteiger partial charge is 0.407 e. The minimum Gasteiger partial charge on any atom is -0.474 e. The summed E-state index contributed by atoms with van der Waals surface area (Å²) in [5.41, 5.74) is 0.926. The minimum atomic E-state index is -3.23. The van der Waals surface area contributed by atoms with Crippen molar-refractivity contribution in [1.82, 2.24) is 14.9 Å². The van der Waals surface area contributed by atoms with Crippen molar-refractivity contribution in [3.63, 3.8) is 0 Å². The van der Waals surface area contributed by atoms with Crippen LogP contribution in [0.4, 0.5) is 10.6 Å². The number of hydrogen-bond donors (Lipinski definition) is 1. The number of nitrogens with zero attached hydrogens (tertiary/aromatic N) is 4. The molecule has 2 aliphatic heterocycles. The van der Waals surface area contributed by atoms with Crippen LogP contribution in [0.3, 0.4) is 0 Å². The van der Waals surface area contributed by atoms with Gasteiger partial charge in [-0.15, -0.1) is 0 Å². The van der Waals surface area contributed by atoms with Gasteiger partial charge in [0.05, 0.1) is 10.9 Å². The predicted molar refractivity (Wildman–Crippen MR) is 106 cm³/mol. The molecule has 1 amide bonds. The molecule has 0 spiro atoms. The number of hydrogen-bond acceptors (Lipinski definition) is 7. The van der Waals surface area contributed by atoms with Gasteiger partial charge in [0.15, 0.2) is 9.84 Å². The summed E-state index contributed by atoms with van der Waals surface area (Å²) in [5, 5.41) is 9.04. The van der Waals surface area contributed by atoms with Crippen LogP contribution in [-0.2, 0) is 9.84 Å². The van der Waals surface area contributed by atoms with Crippen LogP contribution in [0, 0.1) is 0 Å². The van der Waals surface area contributed by atoms with Gasteiger partial charge in [0.2, 0.25) is 5.88 Å². The van der Waals surface area contributed by atoms with E-state index in [0.29, 0.717) is 49.0 Å². The third-order valence-corrected chi connectivity index (χ3v) is 6.46. The highest BCUT2D eigenvalue weighted by molar-refractivity contribution is 7.94. The lowest BCUT2D eigenvalue weighted by molar-refractivity contribution is 0.0870. The molecular formula is C19H22N4O5S. The number of likely N-dealkylation sites (tertiary alicyclic amines) is 1. The van der Waals surface area contributed by atoms with Crippen LogP contribution < -0.4 is 9.64 Å². The summed E-state index contributed by atoms with van der Waals surface area (Å²) in [4.78, 5) is 23.2. The molecule has 0 aromatic carbocycles. The van der Waals surface area contributed by atoms with E-state index in [1.165, 1.54) is 17.5 Å². The van der Waals surface area contributed by atoms with E-state index in [1.807, 2.05) is 17.2 Å². The maximum atomic E-state index is 11.8. The maximum Gasteiger partial charge on any atom is 0.407 e. The summed E-state index contributed by atoms with van der Waals surface area (Å²) >= 11 is 0. The molecule has 1 N–H and O–H groups in total. The van der Waals surface area contributed by atoms with Crippen molar-refractivity contribution in [3.8, 4) is 5.88 Å². The second-order valence-electron chi connectivity index (χ2n) is 7.30. The highest BCUT2D eigenvalue weighted by Crippen LogP contribution is 2.34. The Labute approximate surface area is 168 Å². The zero-order chi connectivity index (χ0) is 20.6. The number of allylic oxidation sites excluding steroid dienone is 1. The normalized spacial score (nSPS) is 22.2. The van der Waals surface area contributed by atoms with E-state index < -0.39 is 15.9 Å². The average molecular weight is 418 g/mol. The van der Waals surface area contributed by atoms with E-state index >= 15 is 0 Å². The fourth-order valence-electron chi connectivity index (χ4n) is 3.75. The van der Waals surface area contributed by atoms with Gasteiger partial charge in [-0.1, -0.05) is 6.08 Å². The van der Waals surface area contributed by atoms with Crippen LogP contribution >= 0.6 is 0 Å². The zero-order valence-corrected chi connectivity index (χ0v) is 16.7. The van der Waals surface area contributed by atoms with Crippen molar-refractivity contribution in [1.29, 1.82) is 0 Å². The summed E-state index contributed by atoms with van der Waals surface area (Å²) in [7, 11) is -3.23. The Morgan fingerprint density at radius 1 is 1.28 bits per heavy atom. The fraction of sp³-hybridized carbons (Fsp3) is 0.421. The van der Waals surface area contributed by atoms with Crippen molar-refractivity contribution in [2.24, 2.45) is 0 Å². The van der Waals surface area contributed by atoms with Gasteiger partial charge >= 0.3 is 6.09 Å². The number of amides is 1. The van der Waals surface area contributed by atoms with Crippen molar-refractivity contribution in [3.05, 3.63) is 47.3 Å². The Kier molecular flexibility index (Phi) is 5.03. The third kappa shape index (κ3) is 4.12. The van der Waals surface area contributed by atoms with E-state index in [1.54, 1.807) is 18.2 Å². The van der Waals surface area contributed by atoms with Gasteiger partial charge in [-0.05, 0) is 24.1 Å². The quantitative estimate of drug-likeness (QED) is 0.790. The second-order valence-corrected chi connectivity index (χ2v) is 9.31. The Hall–Kier alpha value is -2.88. The number of piperidine rings is 1. The van der Waals surface area contributed by atoms with Gasteiger partial charge in [-0.25, -0.2) is 23.2 Å². The van der Waals surface area contributed by atoms with Crippen LogP contribution in [0.2, 0.25) is 0 Å². The van der Waals surface area contributed by atoms with E-state index in [0.717, 1.165) is 5.57 Å². The maximum absolute atomic E-state index is 11.8. The van der Waals surface area contributed by atoms with E-state index in [2.05, 4.69) is 9.97 Å². The van der Waals surface area contributed by atoms with Crippen molar-refractivity contribution in [2.75, 3.05) is 24.2 Å². The molecule has 1 atom stereocenters. The third-order valence-electron chi connectivity index (χ3n) is 5.32. The number of carboxylic acid groups (broad SMARTS) is 1.